The van der Waals surface area contributed by atoms with Gasteiger partial charge in [0.15, 0.2) is 0 Å². The first-order valence-corrected chi connectivity index (χ1v) is 11.1. The van der Waals surface area contributed by atoms with E-state index in [1.54, 1.807) is 23.5 Å². The molecule has 2 rings (SSSR count). The molecule has 136 valence electrons. The second kappa shape index (κ2) is 11.4. The van der Waals surface area contributed by atoms with Gasteiger partial charge in [0.05, 0.1) is 12.2 Å². The summed E-state index contributed by atoms with van der Waals surface area (Å²) in [4.78, 5) is 2.27. The van der Waals surface area contributed by atoms with Crippen molar-refractivity contribution >= 4 is 46.7 Å². The summed E-state index contributed by atoms with van der Waals surface area (Å²) in [6, 6.07) is 16.8. The van der Waals surface area contributed by atoms with Crippen LogP contribution < -0.4 is 0 Å². The number of alkyl halides is 2. The Balaban J connectivity index is 1.85. The molecule has 0 spiro atoms. The first-order chi connectivity index (χ1) is 12.1. The monoisotopic (exact) mass is 416 g/mol. The lowest BCUT2D eigenvalue weighted by atomic mass is 10.1. The highest BCUT2D eigenvalue weighted by atomic mass is 35.5. The van der Waals surface area contributed by atoms with Crippen molar-refractivity contribution in [1.82, 2.24) is 0 Å². The number of halogens is 2. The fourth-order valence-electron chi connectivity index (χ4n) is 2.12. The van der Waals surface area contributed by atoms with Gasteiger partial charge < -0.3 is 10.2 Å². The number of aliphatic hydroxyl groups excluding tert-OH is 2. The van der Waals surface area contributed by atoms with Crippen molar-refractivity contribution in [3.8, 4) is 0 Å². The fourth-order valence-corrected chi connectivity index (χ4v) is 4.26. The lowest BCUT2D eigenvalue weighted by molar-refractivity contribution is 0.223. The van der Waals surface area contributed by atoms with Crippen LogP contribution in [0.15, 0.2) is 58.3 Å². The SMILES string of the molecule is OC(CCl)CSc1ccc(Cc2ccc(SCC(O)CCl)cc2)cc1. The molecule has 0 saturated carbocycles. The van der Waals surface area contributed by atoms with Gasteiger partial charge in [-0.3, -0.25) is 0 Å². The van der Waals surface area contributed by atoms with E-state index in [-0.39, 0.29) is 11.8 Å². The summed E-state index contributed by atoms with van der Waals surface area (Å²) in [7, 11) is 0. The number of hydrogen-bond donors (Lipinski definition) is 2. The molecule has 0 bridgehead atoms. The van der Waals surface area contributed by atoms with Crippen LogP contribution in [0.2, 0.25) is 0 Å². The molecule has 2 aromatic carbocycles. The molecule has 2 nitrogen and oxygen atoms in total. The summed E-state index contributed by atoms with van der Waals surface area (Å²) in [6.45, 7) is 0. The first-order valence-electron chi connectivity index (χ1n) is 8.02. The quantitative estimate of drug-likeness (QED) is 0.436. The van der Waals surface area contributed by atoms with E-state index in [0.29, 0.717) is 11.5 Å². The molecule has 6 heteroatoms. The van der Waals surface area contributed by atoms with Crippen molar-refractivity contribution in [2.24, 2.45) is 0 Å². The molecule has 0 saturated heterocycles. The molecule has 25 heavy (non-hydrogen) atoms. The minimum absolute atomic E-state index is 0.268. The van der Waals surface area contributed by atoms with Gasteiger partial charge in [0.2, 0.25) is 0 Å². The third kappa shape index (κ3) is 7.81. The molecule has 2 unspecified atom stereocenters. The number of rotatable bonds is 10. The van der Waals surface area contributed by atoms with E-state index >= 15 is 0 Å². The Morgan fingerprint density at radius 2 is 1.04 bits per heavy atom. The van der Waals surface area contributed by atoms with Gasteiger partial charge in [0.25, 0.3) is 0 Å². The maximum Gasteiger partial charge on any atom is 0.0769 e. The van der Waals surface area contributed by atoms with Gasteiger partial charge in [-0.25, -0.2) is 0 Å². The predicted octanol–water partition coefficient (Wildman–Crippen LogP) is 4.66. The van der Waals surface area contributed by atoms with Crippen LogP contribution in [0.1, 0.15) is 11.1 Å². The summed E-state index contributed by atoms with van der Waals surface area (Å²) in [5, 5.41) is 19.0. The summed E-state index contributed by atoms with van der Waals surface area (Å²) in [6.07, 6.45) is -0.0496. The molecule has 0 radical (unpaired) electrons. The van der Waals surface area contributed by atoms with E-state index in [9.17, 15) is 10.2 Å². The van der Waals surface area contributed by atoms with Gasteiger partial charge in [-0.05, 0) is 41.8 Å². The third-order valence-electron chi connectivity index (χ3n) is 3.50. The van der Waals surface area contributed by atoms with Crippen molar-refractivity contribution in [2.75, 3.05) is 23.3 Å². The van der Waals surface area contributed by atoms with Crippen LogP contribution in [0.5, 0.6) is 0 Å². The third-order valence-corrected chi connectivity index (χ3v) is 6.52. The smallest absolute Gasteiger partial charge is 0.0769 e. The largest absolute Gasteiger partial charge is 0.391 e. The average molecular weight is 417 g/mol. The first kappa shape index (κ1) is 20.9. The second-order valence-electron chi connectivity index (χ2n) is 5.70. The summed E-state index contributed by atoms with van der Waals surface area (Å²) in [5.74, 6) is 1.76. The van der Waals surface area contributed by atoms with Gasteiger partial charge in [0.1, 0.15) is 0 Å². The Morgan fingerprint density at radius 1 is 0.680 bits per heavy atom. The Morgan fingerprint density at radius 3 is 1.36 bits per heavy atom. The van der Waals surface area contributed by atoms with Crippen molar-refractivity contribution in [3.63, 3.8) is 0 Å². The number of thioether (sulfide) groups is 2. The molecule has 2 atom stereocenters. The standard InChI is InChI=1S/C19H22Cl2O2S2/c20-10-16(22)12-24-18-5-1-14(2-6-18)9-15-3-7-19(8-4-15)25-13-17(23)11-21/h1-8,16-17,22-23H,9-13H2. The molecule has 0 aliphatic rings. The molecule has 0 aromatic heterocycles. The van der Waals surface area contributed by atoms with E-state index in [4.69, 9.17) is 23.2 Å². The highest BCUT2D eigenvalue weighted by molar-refractivity contribution is 7.99. The van der Waals surface area contributed by atoms with Crippen molar-refractivity contribution < 1.29 is 10.2 Å². The topological polar surface area (TPSA) is 40.5 Å². The second-order valence-corrected chi connectivity index (χ2v) is 8.51. The number of aliphatic hydroxyl groups is 2. The lowest BCUT2D eigenvalue weighted by Gasteiger charge is -2.08. The van der Waals surface area contributed by atoms with E-state index < -0.39 is 12.2 Å². The van der Waals surface area contributed by atoms with Gasteiger partial charge in [0, 0.05) is 33.1 Å². The molecule has 0 heterocycles. The van der Waals surface area contributed by atoms with Crippen LogP contribution in [0.3, 0.4) is 0 Å². The summed E-state index contributed by atoms with van der Waals surface area (Å²) >= 11 is 14.4. The fraction of sp³-hybridized carbons (Fsp3) is 0.368. The highest BCUT2D eigenvalue weighted by Crippen LogP contribution is 2.23. The average Bonchev–Trinajstić information content (AvgIpc) is 2.66. The van der Waals surface area contributed by atoms with Crippen LogP contribution in [0, 0.1) is 0 Å². The summed E-state index contributed by atoms with van der Waals surface area (Å²) in [5.41, 5.74) is 2.50. The van der Waals surface area contributed by atoms with E-state index in [2.05, 4.69) is 48.5 Å². The lowest BCUT2D eigenvalue weighted by Crippen LogP contribution is -2.10. The molecule has 0 aliphatic heterocycles. The molecular weight excluding hydrogens is 395 g/mol. The van der Waals surface area contributed by atoms with Crippen LogP contribution in [-0.2, 0) is 6.42 Å². The van der Waals surface area contributed by atoms with Crippen LogP contribution in [-0.4, -0.2) is 45.7 Å². The van der Waals surface area contributed by atoms with Gasteiger partial charge in [-0.2, -0.15) is 0 Å². The van der Waals surface area contributed by atoms with Crippen LogP contribution in [0.25, 0.3) is 0 Å². The van der Waals surface area contributed by atoms with Crippen molar-refractivity contribution in [1.29, 1.82) is 0 Å². The molecule has 0 amide bonds. The highest BCUT2D eigenvalue weighted by Gasteiger charge is 2.05. The Hall–Kier alpha value is -0.360. The number of hydrogen-bond acceptors (Lipinski definition) is 4. The Bertz CT molecular complexity index is 565. The minimum atomic E-state index is -0.465. The van der Waals surface area contributed by atoms with Crippen molar-refractivity contribution in [3.05, 3.63) is 59.7 Å². The maximum atomic E-state index is 9.50. The Labute approximate surface area is 167 Å². The van der Waals surface area contributed by atoms with Gasteiger partial charge in [-0.1, -0.05) is 24.3 Å². The van der Waals surface area contributed by atoms with E-state index in [0.717, 1.165) is 16.2 Å². The maximum absolute atomic E-state index is 9.50. The van der Waals surface area contributed by atoms with Crippen LogP contribution in [0.4, 0.5) is 0 Å². The van der Waals surface area contributed by atoms with Gasteiger partial charge >= 0.3 is 0 Å². The zero-order valence-corrected chi connectivity index (χ0v) is 16.9. The van der Waals surface area contributed by atoms with E-state index in [1.165, 1.54) is 11.1 Å². The van der Waals surface area contributed by atoms with Crippen molar-refractivity contribution in [2.45, 2.75) is 28.4 Å². The summed E-state index contributed by atoms with van der Waals surface area (Å²) < 4.78 is 0. The molecule has 2 N–H and O–H groups in total. The molecular formula is C19H22Cl2O2S2. The normalized spacial score (nSPS) is 13.6. The molecule has 0 aliphatic carbocycles. The molecule has 2 aromatic rings. The van der Waals surface area contributed by atoms with E-state index in [1.807, 2.05) is 0 Å². The zero-order chi connectivity index (χ0) is 18.1. The van der Waals surface area contributed by atoms with Crippen LogP contribution >= 0.6 is 46.7 Å². The Kier molecular flexibility index (Phi) is 9.53. The molecule has 0 fully saturated rings. The predicted molar refractivity (Wildman–Crippen MR) is 111 cm³/mol. The number of benzene rings is 2. The minimum Gasteiger partial charge on any atom is -0.391 e. The zero-order valence-electron chi connectivity index (χ0n) is 13.8. The van der Waals surface area contributed by atoms with Gasteiger partial charge in [-0.15, -0.1) is 46.7 Å².